The molecular formula is C15H23N3O4. The predicted molar refractivity (Wildman–Crippen MR) is 81.2 cm³/mol. The second-order valence-corrected chi connectivity index (χ2v) is 5.16. The van der Waals surface area contributed by atoms with Crippen LogP contribution in [0.25, 0.3) is 0 Å². The average molecular weight is 309 g/mol. The molecule has 0 aliphatic carbocycles. The molecule has 0 radical (unpaired) electrons. The fourth-order valence-electron chi connectivity index (χ4n) is 2.19. The number of likely N-dealkylation sites (N-methyl/N-ethyl adjacent to an activating group) is 1. The summed E-state index contributed by atoms with van der Waals surface area (Å²) in [6, 6.07) is 3.40. The Morgan fingerprint density at radius 3 is 3.18 bits per heavy atom. The Morgan fingerprint density at radius 2 is 2.41 bits per heavy atom. The number of nitrogens with one attached hydrogen (secondary N) is 1. The second-order valence-electron chi connectivity index (χ2n) is 5.16. The fourth-order valence-corrected chi connectivity index (χ4v) is 2.19. The third-order valence-electron chi connectivity index (χ3n) is 3.37. The Labute approximate surface area is 130 Å². The summed E-state index contributed by atoms with van der Waals surface area (Å²) in [6.07, 6.45) is 1.61. The van der Waals surface area contributed by atoms with Crippen molar-refractivity contribution in [3.63, 3.8) is 0 Å². The van der Waals surface area contributed by atoms with Crippen molar-refractivity contribution in [1.82, 2.24) is 15.2 Å². The van der Waals surface area contributed by atoms with Gasteiger partial charge in [0.15, 0.2) is 0 Å². The molecule has 1 aliphatic heterocycles. The molecule has 0 spiro atoms. The molecule has 1 aromatic rings. The molecule has 0 saturated carbocycles. The molecule has 22 heavy (non-hydrogen) atoms. The number of carbonyl (C=O) groups excluding carboxylic acids is 1. The van der Waals surface area contributed by atoms with Crippen LogP contribution < -0.4 is 10.1 Å². The van der Waals surface area contributed by atoms with Gasteiger partial charge in [-0.15, -0.1) is 0 Å². The van der Waals surface area contributed by atoms with E-state index in [2.05, 4.69) is 15.2 Å². The lowest BCUT2D eigenvalue weighted by Gasteiger charge is -2.30. The minimum absolute atomic E-state index is 0.0113. The highest BCUT2D eigenvalue weighted by Crippen LogP contribution is 2.14. The normalized spacial score (nSPS) is 18.9. The molecule has 1 atom stereocenters. The van der Waals surface area contributed by atoms with E-state index < -0.39 is 0 Å². The number of pyridine rings is 1. The summed E-state index contributed by atoms with van der Waals surface area (Å²) < 4.78 is 16.0. The highest BCUT2D eigenvalue weighted by molar-refractivity contribution is 5.96. The first-order chi connectivity index (χ1) is 10.7. The maximum atomic E-state index is 12.3. The number of hydrogen-bond donors (Lipinski definition) is 1. The van der Waals surface area contributed by atoms with Gasteiger partial charge in [-0.05, 0) is 19.2 Å². The van der Waals surface area contributed by atoms with E-state index in [0.717, 1.165) is 13.1 Å². The van der Waals surface area contributed by atoms with Crippen molar-refractivity contribution in [1.29, 1.82) is 0 Å². The molecule has 0 bridgehead atoms. The van der Waals surface area contributed by atoms with E-state index in [0.29, 0.717) is 37.8 Å². The number of methoxy groups -OCH3 is 1. The first kappa shape index (κ1) is 16.7. The van der Waals surface area contributed by atoms with Crippen LogP contribution >= 0.6 is 0 Å². The van der Waals surface area contributed by atoms with Crippen molar-refractivity contribution >= 4 is 5.91 Å². The van der Waals surface area contributed by atoms with Crippen molar-refractivity contribution in [2.45, 2.75) is 6.10 Å². The zero-order valence-electron chi connectivity index (χ0n) is 13.1. The molecule has 1 amide bonds. The number of rotatable bonds is 7. The van der Waals surface area contributed by atoms with Crippen molar-refractivity contribution in [3.8, 4) is 5.88 Å². The van der Waals surface area contributed by atoms with Crippen LogP contribution in [0.1, 0.15) is 10.4 Å². The van der Waals surface area contributed by atoms with Gasteiger partial charge in [-0.3, -0.25) is 4.79 Å². The minimum atomic E-state index is -0.211. The molecule has 1 aliphatic rings. The zero-order chi connectivity index (χ0) is 15.8. The van der Waals surface area contributed by atoms with Crippen LogP contribution in [0.2, 0.25) is 0 Å². The van der Waals surface area contributed by atoms with Crippen LogP contribution in [0.15, 0.2) is 18.3 Å². The minimum Gasteiger partial charge on any atom is -0.475 e. The third-order valence-corrected chi connectivity index (χ3v) is 3.37. The van der Waals surface area contributed by atoms with Gasteiger partial charge in [-0.1, -0.05) is 0 Å². The van der Waals surface area contributed by atoms with Gasteiger partial charge in [-0.25, -0.2) is 4.98 Å². The topological polar surface area (TPSA) is 72.9 Å². The van der Waals surface area contributed by atoms with Crippen LogP contribution in [-0.4, -0.2) is 75.5 Å². The molecule has 7 nitrogen and oxygen atoms in total. The number of aromatic nitrogens is 1. The van der Waals surface area contributed by atoms with E-state index >= 15 is 0 Å². The molecule has 2 rings (SSSR count). The average Bonchev–Trinajstić information content (AvgIpc) is 2.53. The smallest absolute Gasteiger partial charge is 0.256 e. The summed E-state index contributed by atoms with van der Waals surface area (Å²) in [5.41, 5.74) is 0.419. The number of hydrogen-bond acceptors (Lipinski definition) is 6. The van der Waals surface area contributed by atoms with Crippen molar-refractivity contribution in [3.05, 3.63) is 23.9 Å². The highest BCUT2D eigenvalue weighted by Gasteiger charge is 2.20. The van der Waals surface area contributed by atoms with Gasteiger partial charge in [0.2, 0.25) is 5.88 Å². The highest BCUT2D eigenvalue weighted by atomic mass is 16.5. The van der Waals surface area contributed by atoms with Gasteiger partial charge in [-0.2, -0.15) is 0 Å². The third kappa shape index (κ3) is 4.94. The van der Waals surface area contributed by atoms with Crippen LogP contribution in [0.3, 0.4) is 0 Å². The molecule has 0 unspecified atom stereocenters. The van der Waals surface area contributed by atoms with Gasteiger partial charge in [0.1, 0.15) is 12.2 Å². The van der Waals surface area contributed by atoms with Crippen LogP contribution in [0.5, 0.6) is 5.88 Å². The van der Waals surface area contributed by atoms with E-state index in [4.69, 9.17) is 14.2 Å². The quantitative estimate of drug-likeness (QED) is 0.724. The molecule has 1 fully saturated rings. The van der Waals surface area contributed by atoms with E-state index in [1.54, 1.807) is 25.4 Å². The largest absolute Gasteiger partial charge is 0.475 e. The number of ether oxygens (including phenoxy) is 3. The maximum absolute atomic E-state index is 12.3. The summed E-state index contributed by atoms with van der Waals surface area (Å²) in [5, 5.41) is 2.88. The molecule has 0 aromatic carbocycles. The molecule has 7 heteroatoms. The molecule has 1 saturated heterocycles. The summed E-state index contributed by atoms with van der Waals surface area (Å²) in [5.74, 6) is 0.107. The first-order valence-electron chi connectivity index (χ1n) is 7.36. The zero-order valence-corrected chi connectivity index (χ0v) is 13.1. The van der Waals surface area contributed by atoms with E-state index in [1.165, 1.54) is 0 Å². The van der Waals surface area contributed by atoms with Gasteiger partial charge in [0, 0.05) is 32.9 Å². The van der Waals surface area contributed by atoms with E-state index in [9.17, 15) is 4.79 Å². The maximum Gasteiger partial charge on any atom is 0.256 e. The summed E-state index contributed by atoms with van der Waals surface area (Å²) in [6.45, 7) is 3.68. The Balaban J connectivity index is 1.88. The summed E-state index contributed by atoms with van der Waals surface area (Å²) >= 11 is 0. The molecule has 1 N–H and O–H groups in total. The number of carbonyl (C=O) groups is 1. The first-order valence-corrected chi connectivity index (χ1v) is 7.36. The van der Waals surface area contributed by atoms with Gasteiger partial charge in [0.05, 0.1) is 19.3 Å². The van der Waals surface area contributed by atoms with E-state index in [-0.39, 0.29) is 12.0 Å². The van der Waals surface area contributed by atoms with E-state index in [1.807, 2.05) is 7.05 Å². The predicted octanol–water partition coefficient (Wildman–Crippen LogP) is 0.167. The lowest BCUT2D eigenvalue weighted by molar-refractivity contribution is -0.0175. The molecule has 2 heterocycles. The van der Waals surface area contributed by atoms with Crippen molar-refractivity contribution in [2.24, 2.45) is 0 Å². The van der Waals surface area contributed by atoms with Crippen LogP contribution in [0, 0.1) is 0 Å². The molecule has 1 aromatic heterocycles. The monoisotopic (exact) mass is 309 g/mol. The Bertz CT molecular complexity index is 484. The molecular weight excluding hydrogens is 286 g/mol. The van der Waals surface area contributed by atoms with Gasteiger partial charge < -0.3 is 24.4 Å². The summed E-state index contributed by atoms with van der Waals surface area (Å²) in [4.78, 5) is 18.6. The van der Waals surface area contributed by atoms with Crippen molar-refractivity contribution < 1.29 is 19.0 Å². The van der Waals surface area contributed by atoms with Gasteiger partial charge >= 0.3 is 0 Å². The Kier molecular flexibility index (Phi) is 6.57. The second kappa shape index (κ2) is 8.67. The Morgan fingerprint density at radius 1 is 1.55 bits per heavy atom. The SMILES string of the molecule is COCCOc1ncccc1C(=O)NC[C@@H]1CN(C)CCO1. The van der Waals surface area contributed by atoms with Gasteiger partial charge in [0.25, 0.3) is 5.91 Å². The van der Waals surface area contributed by atoms with Crippen molar-refractivity contribution in [2.75, 3.05) is 53.6 Å². The number of nitrogens with zero attached hydrogens (tertiary/aromatic N) is 2. The standard InChI is InChI=1S/C15H23N3O4/c1-18-6-7-21-12(11-18)10-17-14(19)13-4-3-5-16-15(13)22-9-8-20-2/h3-5,12H,6-11H2,1-2H3,(H,17,19)/t12-/m1/s1. The summed E-state index contributed by atoms with van der Waals surface area (Å²) in [7, 11) is 3.64. The lowest BCUT2D eigenvalue weighted by atomic mass is 10.2. The molecule has 122 valence electrons. The number of morpholine rings is 1. The van der Waals surface area contributed by atoms with Crippen LogP contribution in [0.4, 0.5) is 0 Å². The number of amides is 1. The lowest BCUT2D eigenvalue weighted by Crippen LogP contribution is -2.46. The Hall–Kier alpha value is -1.70. The van der Waals surface area contributed by atoms with Crippen LogP contribution in [-0.2, 0) is 9.47 Å². The fraction of sp³-hybridized carbons (Fsp3) is 0.600.